The molecule has 0 bridgehead atoms. The van der Waals surface area contributed by atoms with Crippen LogP contribution in [0.1, 0.15) is 38.3 Å². The Morgan fingerprint density at radius 3 is 2.85 bits per heavy atom. The molecule has 0 radical (unpaired) electrons. The standard InChI is InChI=1S/C16H25BrN2O/c1-3-20-13-7-6-10-19(11-13)16(12(2)18)14-8-4-5-9-15(14)17/h4-5,8-9,12-13,16H,3,6-7,10-11,18H2,1-2H3. The van der Waals surface area contributed by atoms with E-state index in [2.05, 4.69) is 52.9 Å². The second-order valence-electron chi connectivity index (χ2n) is 5.54. The fourth-order valence-electron chi connectivity index (χ4n) is 3.12. The summed E-state index contributed by atoms with van der Waals surface area (Å²) in [6.07, 6.45) is 2.68. The summed E-state index contributed by atoms with van der Waals surface area (Å²) < 4.78 is 6.95. The van der Waals surface area contributed by atoms with Crippen LogP contribution in [0.2, 0.25) is 0 Å². The van der Waals surface area contributed by atoms with E-state index in [0.29, 0.717) is 6.10 Å². The number of rotatable bonds is 5. The normalized spacial score (nSPS) is 23.5. The van der Waals surface area contributed by atoms with Crippen LogP contribution in [0.5, 0.6) is 0 Å². The van der Waals surface area contributed by atoms with Gasteiger partial charge in [-0.3, -0.25) is 4.90 Å². The van der Waals surface area contributed by atoms with Gasteiger partial charge in [0.25, 0.3) is 0 Å². The lowest BCUT2D eigenvalue weighted by Gasteiger charge is -2.40. The number of hydrogen-bond acceptors (Lipinski definition) is 3. The molecule has 0 aliphatic carbocycles. The molecule has 1 aromatic rings. The Morgan fingerprint density at radius 1 is 1.45 bits per heavy atom. The first kappa shape index (κ1) is 16.0. The smallest absolute Gasteiger partial charge is 0.0702 e. The third-order valence-corrected chi connectivity index (χ3v) is 4.65. The third-order valence-electron chi connectivity index (χ3n) is 3.93. The molecule has 1 aromatic carbocycles. The third kappa shape index (κ3) is 3.82. The van der Waals surface area contributed by atoms with E-state index in [0.717, 1.165) is 30.6 Å². The quantitative estimate of drug-likeness (QED) is 0.893. The topological polar surface area (TPSA) is 38.5 Å². The van der Waals surface area contributed by atoms with Gasteiger partial charge in [0.1, 0.15) is 0 Å². The zero-order valence-electron chi connectivity index (χ0n) is 12.4. The second kappa shape index (κ2) is 7.55. The van der Waals surface area contributed by atoms with Crippen molar-refractivity contribution in [1.82, 2.24) is 4.90 Å². The Bertz CT molecular complexity index is 423. The fraction of sp³-hybridized carbons (Fsp3) is 0.625. The summed E-state index contributed by atoms with van der Waals surface area (Å²) in [5, 5.41) is 0. The van der Waals surface area contributed by atoms with Crippen molar-refractivity contribution in [2.75, 3.05) is 19.7 Å². The molecule has 20 heavy (non-hydrogen) atoms. The predicted octanol–water partition coefficient (Wildman–Crippen LogP) is 3.34. The Kier molecular flexibility index (Phi) is 6.02. The Balaban J connectivity index is 2.18. The minimum atomic E-state index is 0.0917. The van der Waals surface area contributed by atoms with Crippen molar-refractivity contribution in [3.8, 4) is 0 Å². The van der Waals surface area contributed by atoms with Gasteiger partial charge in [0.2, 0.25) is 0 Å². The maximum absolute atomic E-state index is 6.28. The summed E-state index contributed by atoms with van der Waals surface area (Å²) in [4.78, 5) is 2.48. The maximum atomic E-state index is 6.28. The summed E-state index contributed by atoms with van der Waals surface area (Å²) in [6.45, 7) is 7.01. The zero-order valence-corrected chi connectivity index (χ0v) is 14.0. The molecule has 2 rings (SSSR count). The average molecular weight is 341 g/mol. The Hall–Kier alpha value is -0.420. The van der Waals surface area contributed by atoms with E-state index in [1.54, 1.807) is 0 Å². The number of benzene rings is 1. The van der Waals surface area contributed by atoms with Gasteiger partial charge in [-0.2, -0.15) is 0 Å². The van der Waals surface area contributed by atoms with Crippen LogP contribution in [-0.2, 0) is 4.74 Å². The van der Waals surface area contributed by atoms with Gasteiger partial charge < -0.3 is 10.5 Å². The molecule has 1 saturated heterocycles. The molecule has 0 amide bonds. The largest absolute Gasteiger partial charge is 0.377 e. The van der Waals surface area contributed by atoms with E-state index >= 15 is 0 Å². The molecule has 1 fully saturated rings. The highest BCUT2D eigenvalue weighted by atomic mass is 79.9. The van der Waals surface area contributed by atoms with E-state index in [-0.39, 0.29) is 12.1 Å². The highest BCUT2D eigenvalue weighted by molar-refractivity contribution is 9.10. The lowest BCUT2D eigenvalue weighted by atomic mass is 9.96. The van der Waals surface area contributed by atoms with Gasteiger partial charge in [-0.15, -0.1) is 0 Å². The number of nitrogens with two attached hydrogens (primary N) is 1. The highest BCUT2D eigenvalue weighted by Gasteiger charge is 2.30. The van der Waals surface area contributed by atoms with Crippen LogP contribution < -0.4 is 5.73 Å². The van der Waals surface area contributed by atoms with E-state index in [4.69, 9.17) is 10.5 Å². The van der Waals surface area contributed by atoms with Crippen molar-refractivity contribution >= 4 is 15.9 Å². The number of nitrogens with zero attached hydrogens (tertiary/aromatic N) is 1. The molecular weight excluding hydrogens is 316 g/mol. The number of likely N-dealkylation sites (tertiary alicyclic amines) is 1. The lowest BCUT2D eigenvalue weighted by molar-refractivity contribution is -0.0107. The van der Waals surface area contributed by atoms with Crippen LogP contribution >= 0.6 is 15.9 Å². The zero-order chi connectivity index (χ0) is 14.5. The van der Waals surface area contributed by atoms with Crippen LogP contribution in [0, 0.1) is 0 Å². The van der Waals surface area contributed by atoms with Crippen LogP contribution in [0.15, 0.2) is 28.7 Å². The molecule has 112 valence electrons. The van der Waals surface area contributed by atoms with Crippen molar-refractivity contribution in [3.05, 3.63) is 34.3 Å². The van der Waals surface area contributed by atoms with Crippen molar-refractivity contribution in [1.29, 1.82) is 0 Å². The molecule has 0 spiro atoms. The van der Waals surface area contributed by atoms with E-state index in [1.807, 2.05) is 6.07 Å². The average Bonchev–Trinajstić information content (AvgIpc) is 2.42. The van der Waals surface area contributed by atoms with Gasteiger partial charge in [-0.25, -0.2) is 0 Å². The number of ether oxygens (including phenoxy) is 1. The molecule has 2 N–H and O–H groups in total. The second-order valence-corrected chi connectivity index (χ2v) is 6.39. The number of halogens is 1. The van der Waals surface area contributed by atoms with Gasteiger partial charge in [0.15, 0.2) is 0 Å². The molecule has 0 aromatic heterocycles. The summed E-state index contributed by atoms with van der Waals surface area (Å²) in [5.41, 5.74) is 7.56. The molecule has 4 heteroatoms. The molecule has 3 unspecified atom stereocenters. The van der Waals surface area contributed by atoms with Gasteiger partial charge in [-0.05, 0) is 44.9 Å². The molecular formula is C16H25BrN2O. The van der Waals surface area contributed by atoms with Gasteiger partial charge >= 0.3 is 0 Å². The molecule has 3 nitrogen and oxygen atoms in total. The Labute approximate surface area is 130 Å². The van der Waals surface area contributed by atoms with Gasteiger partial charge in [0, 0.05) is 23.7 Å². The monoisotopic (exact) mass is 340 g/mol. The van der Waals surface area contributed by atoms with Gasteiger partial charge in [0.05, 0.1) is 12.1 Å². The first-order chi connectivity index (χ1) is 9.63. The van der Waals surface area contributed by atoms with E-state index in [1.165, 1.54) is 12.0 Å². The predicted molar refractivity (Wildman–Crippen MR) is 86.8 cm³/mol. The van der Waals surface area contributed by atoms with Crippen molar-refractivity contribution in [3.63, 3.8) is 0 Å². The lowest BCUT2D eigenvalue weighted by Crippen LogP contribution is -2.47. The van der Waals surface area contributed by atoms with Crippen LogP contribution in [-0.4, -0.2) is 36.7 Å². The summed E-state index contributed by atoms with van der Waals surface area (Å²) in [7, 11) is 0. The van der Waals surface area contributed by atoms with Crippen LogP contribution in [0.25, 0.3) is 0 Å². The highest BCUT2D eigenvalue weighted by Crippen LogP contribution is 2.32. The van der Waals surface area contributed by atoms with Crippen molar-refractivity contribution in [2.24, 2.45) is 5.73 Å². The number of piperidine rings is 1. The van der Waals surface area contributed by atoms with Crippen LogP contribution in [0.4, 0.5) is 0 Å². The van der Waals surface area contributed by atoms with E-state index in [9.17, 15) is 0 Å². The maximum Gasteiger partial charge on any atom is 0.0702 e. The molecule has 1 heterocycles. The summed E-state index contributed by atoms with van der Waals surface area (Å²) in [6, 6.07) is 8.73. The minimum Gasteiger partial charge on any atom is -0.377 e. The number of hydrogen-bond donors (Lipinski definition) is 1. The molecule has 0 saturated carbocycles. The summed E-state index contributed by atoms with van der Waals surface area (Å²) >= 11 is 3.66. The van der Waals surface area contributed by atoms with Crippen molar-refractivity contribution in [2.45, 2.75) is 44.9 Å². The molecule has 1 aliphatic rings. The van der Waals surface area contributed by atoms with Gasteiger partial charge in [-0.1, -0.05) is 34.1 Å². The van der Waals surface area contributed by atoms with Crippen molar-refractivity contribution < 1.29 is 4.74 Å². The first-order valence-electron chi connectivity index (χ1n) is 7.49. The SMILES string of the molecule is CCOC1CCCN(C(c2ccccc2Br)C(C)N)C1. The Morgan fingerprint density at radius 2 is 2.20 bits per heavy atom. The molecule has 3 atom stereocenters. The van der Waals surface area contributed by atoms with E-state index < -0.39 is 0 Å². The van der Waals surface area contributed by atoms with Crippen LogP contribution in [0.3, 0.4) is 0 Å². The fourth-order valence-corrected chi connectivity index (χ4v) is 3.64. The summed E-state index contributed by atoms with van der Waals surface area (Å²) in [5.74, 6) is 0. The molecule has 1 aliphatic heterocycles. The minimum absolute atomic E-state index is 0.0917. The first-order valence-corrected chi connectivity index (χ1v) is 8.28.